The zero-order valence-corrected chi connectivity index (χ0v) is 9.35. The monoisotopic (exact) mass is 233 g/mol. The largest absolute Gasteiger partial charge is 0.293 e. The average molecular weight is 233 g/mol. The summed E-state index contributed by atoms with van der Waals surface area (Å²) in [5.41, 5.74) is -0.772. The molecule has 88 valence electrons. The Morgan fingerprint density at radius 1 is 1.12 bits per heavy atom. The van der Waals surface area contributed by atoms with E-state index in [4.69, 9.17) is 10.5 Å². The van der Waals surface area contributed by atoms with Crippen molar-refractivity contribution in [3.8, 4) is 12.1 Å². The Labute approximate surface area is 98.6 Å². The molecule has 6 nitrogen and oxygen atoms in total. The van der Waals surface area contributed by atoms with Gasteiger partial charge in [0.25, 0.3) is 11.8 Å². The summed E-state index contributed by atoms with van der Waals surface area (Å²) in [5, 5.41) is 19.0. The molecule has 2 rings (SSSR count). The molecule has 0 aromatic carbocycles. The van der Waals surface area contributed by atoms with Crippen molar-refractivity contribution in [3.05, 3.63) is 0 Å². The van der Waals surface area contributed by atoms with E-state index in [1.807, 2.05) is 12.1 Å². The van der Waals surface area contributed by atoms with E-state index < -0.39 is 29.1 Å². The van der Waals surface area contributed by atoms with Gasteiger partial charge < -0.3 is 0 Å². The maximum Gasteiger partial charge on any atom is 0.293 e. The van der Waals surface area contributed by atoms with Crippen LogP contribution in [0.3, 0.4) is 0 Å². The van der Waals surface area contributed by atoms with Crippen LogP contribution in [-0.4, -0.2) is 16.8 Å². The van der Waals surface area contributed by atoms with E-state index in [2.05, 4.69) is 5.84 Å². The first-order valence-corrected chi connectivity index (χ1v) is 5.56. The van der Waals surface area contributed by atoms with Crippen molar-refractivity contribution < 1.29 is 15.4 Å². The molecule has 1 saturated carbocycles. The minimum Gasteiger partial charge on any atom is -0.268 e. The molecule has 2 fully saturated rings. The molecule has 2 aliphatic rings. The van der Waals surface area contributed by atoms with Crippen molar-refractivity contribution in [1.29, 1.82) is 10.5 Å². The van der Waals surface area contributed by atoms with Crippen LogP contribution in [0.2, 0.25) is 0 Å². The first kappa shape index (κ1) is 11.6. The van der Waals surface area contributed by atoms with E-state index >= 15 is 0 Å². The van der Waals surface area contributed by atoms with Gasteiger partial charge in [0.05, 0.1) is 12.1 Å². The van der Waals surface area contributed by atoms with Crippen LogP contribution in [0.5, 0.6) is 0 Å². The fourth-order valence-electron chi connectivity index (χ4n) is 3.06. The molecular formula is C11H13N4O2+. The van der Waals surface area contributed by atoms with Gasteiger partial charge >= 0.3 is 0 Å². The molecular weight excluding hydrogens is 220 g/mol. The summed E-state index contributed by atoms with van der Waals surface area (Å²) in [7, 11) is 0. The molecule has 0 radical (unpaired) electrons. The zero-order chi connectivity index (χ0) is 12.6. The van der Waals surface area contributed by atoms with E-state index in [9.17, 15) is 9.59 Å². The lowest BCUT2D eigenvalue weighted by molar-refractivity contribution is -0.532. The number of hydrogen-bond acceptors (Lipinski definition) is 4. The molecule has 0 aromatic rings. The molecule has 1 aliphatic carbocycles. The van der Waals surface area contributed by atoms with Crippen LogP contribution < -0.4 is 5.84 Å². The highest BCUT2D eigenvalue weighted by Crippen LogP contribution is 2.52. The Bertz CT molecular complexity index is 417. The summed E-state index contributed by atoms with van der Waals surface area (Å²) < 4.78 is 0. The van der Waals surface area contributed by atoms with Gasteiger partial charge in [-0.15, -0.1) is 5.01 Å². The Balaban J connectivity index is 2.52. The second-order valence-electron chi connectivity index (χ2n) is 4.67. The van der Waals surface area contributed by atoms with Gasteiger partial charge in [0.15, 0.2) is 0 Å². The summed E-state index contributed by atoms with van der Waals surface area (Å²) in [4.78, 5) is 23.8. The summed E-state index contributed by atoms with van der Waals surface area (Å²) in [6.07, 6.45) is 2.89. The number of carbonyl (C=O) groups excluding carboxylic acids is 2. The van der Waals surface area contributed by atoms with Gasteiger partial charge in [0, 0.05) is 5.41 Å². The number of piperidine rings is 1. The van der Waals surface area contributed by atoms with E-state index in [1.165, 1.54) is 0 Å². The highest BCUT2D eigenvalue weighted by atomic mass is 16.2. The summed E-state index contributed by atoms with van der Waals surface area (Å²) >= 11 is 0. The third kappa shape index (κ3) is 1.35. The van der Waals surface area contributed by atoms with Crippen LogP contribution in [-0.2, 0) is 9.59 Å². The minimum absolute atomic E-state index is 0.564. The average Bonchev–Trinajstić information content (AvgIpc) is 2.78. The van der Waals surface area contributed by atoms with Crippen molar-refractivity contribution in [1.82, 2.24) is 5.01 Å². The molecule has 3 N–H and O–H groups in total. The molecule has 2 amide bonds. The zero-order valence-electron chi connectivity index (χ0n) is 9.35. The second kappa shape index (κ2) is 3.83. The van der Waals surface area contributed by atoms with Gasteiger partial charge in [-0.3, -0.25) is 9.59 Å². The van der Waals surface area contributed by atoms with Crippen LogP contribution in [0, 0.1) is 39.9 Å². The number of amides is 2. The highest BCUT2D eigenvalue weighted by Gasteiger charge is 2.60. The van der Waals surface area contributed by atoms with Gasteiger partial charge in [0.1, 0.15) is 11.8 Å². The Kier molecular flexibility index (Phi) is 2.60. The van der Waals surface area contributed by atoms with Crippen LogP contribution in [0.15, 0.2) is 0 Å². The fourth-order valence-corrected chi connectivity index (χ4v) is 3.06. The maximum absolute atomic E-state index is 11.9. The Hall–Kier alpha value is -1.92. The van der Waals surface area contributed by atoms with Gasteiger partial charge in [-0.2, -0.15) is 10.5 Å². The predicted molar refractivity (Wildman–Crippen MR) is 53.8 cm³/mol. The molecule has 1 heterocycles. The first-order valence-electron chi connectivity index (χ1n) is 5.56. The predicted octanol–water partition coefficient (Wildman–Crippen LogP) is -0.648. The lowest BCUT2D eigenvalue weighted by Crippen LogP contribution is -2.78. The van der Waals surface area contributed by atoms with E-state index in [-0.39, 0.29) is 0 Å². The van der Waals surface area contributed by atoms with Crippen molar-refractivity contribution >= 4 is 11.8 Å². The van der Waals surface area contributed by atoms with Crippen LogP contribution in [0.1, 0.15) is 25.7 Å². The van der Waals surface area contributed by atoms with Crippen LogP contribution in [0.25, 0.3) is 0 Å². The second-order valence-corrected chi connectivity index (χ2v) is 4.67. The third-order valence-electron chi connectivity index (χ3n) is 3.97. The van der Waals surface area contributed by atoms with E-state index in [0.29, 0.717) is 17.9 Å². The maximum atomic E-state index is 11.9. The first-order chi connectivity index (χ1) is 8.08. The quantitative estimate of drug-likeness (QED) is 0.560. The molecule has 0 aromatic heterocycles. The summed E-state index contributed by atoms with van der Waals surface area (Å²) in [6.45, 7) is 0. The summed E-state index contributed by atoms with van der Waals surface area (Å²) in [5.74, 6) is 0.390. The number of imide groups is 1. The molecule has 1 saturated heterocycles. The lowest BCUT2D eigenvalue weighted by atomic mass is 9.63. The number of rotatable bonds is 0. The number of hydrogen-bond donors (Lipinski definition) is 1. The smallest absolute Gasteiger partial charge is 0.268 e. The lowest BCUT2D eigenvalue weighted by Gasteiger charge is -2.40. The number of quaternary nitrogens is 1. The Morgan fingerprint density at radius 2 is 1.53 bits per heavy atom. The van der Waals surface area contributed by atoms with Crippen molar-refractivity contribution in [2.75, 3.05) is 0 Å². The molecule has 0 bridgehead atoms. The standard InChI is InChI=1S/C11H12N4O2/c12-5-7-9(16)15(14)10(17)8(6-13)11(7)3-1-2-4-11/h7-8H,1-4,14H2/p+1. The van der Waals surface area contributed by atoms with Gasteiger partial charge in [0.2, 0.25) is 0 Å². The van der Waals surface area contributed by atoms with Crippen molar-refractivity contribution in [2.24, 2.45) is 17.3 Å². The van der Waals surface area contributed by atoms with Gasteiger partial charge in [-0.25, -0.2) is 5.84 Å². The molecule has 17 heavy (non-hydrogen) atoms. The molecule has 1 spiro atoms. The minimum atomic E-state index is -0.912. The topological polar surface area (TPSA) is 113 Å². The van der Waals surface area contributed by atoms with Gasteiger partial charge in [-0.1, -0.05) is 12.8 Å². The fraction of sp³-hybridized carbons (Fsp3) is 0.636. The van der Waals surface area contributed by atoms with Gasteiger partial charge in [-0.05, 0) is 12.8 Å². The number of nitriles is 2. The van der Waals surface area contributed by atoms with E-state index in [1.54, 1.807) is 0 Å². The highest BCUT2D eigenvalue weighted by molar-refractivity contribution is 6.01. The molecule has 6 heteroatoms. The number of carbonyl (C=O) groups is 2. The van der Waals surface area contributed by atoms with Crippen LogP contribution >= 0.6 is 0 Å². The van der Waals surface area contributed by atoms with Crippen molar-refractivity contribution in [2.45, 2.75) is 25.7 Å². The molecule has 2 unspecified atom stereocenters. The summed E-state index contributed by atoms with van der Waals surface area (Å²) in [6, 6.07) is 3.93. The molecule has 1 aliphatic heterocycles. The number of nitrogens with zero attached hydrogens (tertiary/aromatic N) is 3. The normalized spacial score (nSPS) is 31.4. The van der Waals surface area contributed by atoms with E-state index in [0.717, 1.165) is 12.8 Å². The SMILES string of the molecule is N#CC1C(=O)N([NH3+])C(=O)C(C#N)C12CCCC2. The van der Waals surface area contributed by atoms with Crippen molar-refractivity contribution in [3.63, 3.8) is 0 Å². The third-order valence-corrected chi connectivity index (χ3v) is 3.97. The Morgan fingerprint density at radius 3 is 1.88 bits per heavy atom. The molecule has 2 atom stereocenters. The van der Waals surface area contributed by atoms with Crippen LogP contribution in [0.4, 0.5) is 0 Å².